The minimum Gasteiger partial charge on any atom is -0.268 e. The maximum atomic E-state index is 7.27. The van der Waals surface area contributed by atoms with Crippen LogP contribution in [-0.2, 0) is 6.98 Å². The maximum absolute atomic E-state index is 7.27. The van der Waals surface area contributed by atoms with Gasteiger partial charge in [0.05, 0.1) is 16.7 Å². The highest BCUT2D eigenvalue weighted by Gasteiger charge is 2.05. The van der Waals surface area contributed by atoms with Crippen molar-refractivity contribution in [3.8, 4) is 0 Å². The van der Waals surface area contributed by atoms with Gasteiger partial charge >= 0.3 is 0 Å². The summed E-state index contributed by atoms with van der Waals surface area (Å²) in [6.07, 6.45) is 1.45. The lowest BCUT2D eigenvalue weighted by molar-refractivity contribution is 0.797. The average molecular weight is 249 g/mol. The van der Waals surface area contributed by atoms with E-state index in [1.165, 1.54) is 6.20 Å². The van der Waals surface area contributed by atoms with Gasteiger partial charge in [0.15, 0.2) is 0 Å². The lowest BCUT2D eigenvalue weighted by Gasteiger charge is -1.97. The van der Waals surface area contributed by atoms with Gasteiger partial charge in [0, 0.05) is 20.9 Å². The summed E-state index contributed by atoms with van der Waals surface area (Å²) in [6, 6.07) is 3.37. The van der Waals surface area contributed by atoms with Crippen LogP contribution in [0.25, 0.3) is 10.9 Å². The molecule has 0 aliphatic rings. The summed E-state index contributed by atoms with van der Waals surface area (Å²) < 4.78 is 23.5. The Labute approximate surface area is 87.5 Å². The van der Waals surface area contributed by atoms with E-state index in [0.717, 1.165) is 9.15 Å². The Morgan fingerprint density at radius 1 is 1.67 bits per heavy atom. The number of aryl methyl sites for hydroxylation is 1. The number of aromatic nitrogens is 2. The van der Waals surface area contributed by atoms with Crippen LogP contribution in [0.1, 0.15) is 4.11 Å². The number of hydrogen-bond acceptors (Lipinski definition) is 1. The topological polar surface area (TPSA) is 17.8 Å². The zero-order chi connectivity index (χ0) is 11.2. The quantitative estimate of drug-likeness (QED) is 0.701. The van der Waals surface area contributed by atoms with Crippen molar-refractivity contribution in [3.63, 3.8) is 0 Å². The second-order valence-electron chi connectivity index (χ2n) is 2.35. The van der Waals surface area contributed by atoms with Crippen molar-refractivity contribution in [1.82, 2.24) is 9.78 Å². The fraction of sp³-hybridized carbons (Fsp3) is 0.125. The molecule has 0 fully saturated rings. The average Bonchev–Trinajstić information content (AvgIpc) is 2.54. The van der Waals surface area contributed by atoms with Crippen molar-refractivity contribution in [1.29, 1.82) is 0 Å². The van der Waals surface area contributed by atoms with Gasteiger partial charge in [-0.3, -0.25) is 4.68 Å². The molecule has 0 saturated carbocycles. The van der Waals surface area contributed by atoms with Gasteiger partial charge in [0.2, 0.25) is 0 Å². The molecular formula is C8H6BrClN2. The molecule has 1 aromatic heterocycles. The molecule has 0 unspecified atom stereocenters. The molecule has 0 amide bonds. The van der Waals surface area contributed by atoms with Crippen molar-refractivity contribution in [2.75, 3.05) is 0 Å². The molecule has 0 radical (unpaired) electrons. The van der Waals surface area contributed by atoms with Crippen molar-refractivity contribution in [2.24, 2.45) is 6.98 Å². The summed E-state index contributed by atoms with van der Waals surface area (Å²) in [5, 5.41) is 4.92. The highest BCUT2D eigenvalue weighted by Crippen LogP contribution is 2.30. The van der Waals surface area contributed by atoms with E-state index in [9.17, 15) is 0 Å². The smallest absolute Gasteiger partial charge is 0.0694 e. The Morgan fingerprint density at radius 3 is 3.25 bits per heavy atom. The molecule has 0 atom stereocenters. The summed E-state index contributed by atoms with van der Waals surface area (Å²) in [5.74, 6) is 0. The normalized spacial score (nSPS) is 15.7. The summed E-state index contributed by atoms with van der Waals surface area (Å²) in [4.78, 5) is 0. The van der Waals surface area contributed by atoms with E-state index >= 15 is 0 Å². The molecule has 0 aliphatic heterocycles. The lowest BCUT2D eigenvalue weighted by Crippen LogP contribution is -1.87. The van der Waals surface area contributed by atoms with Crippen molar-refractivity contribution < 1.29 is 4.11 Å². The minimum atomic E-state index is -2.28. The second kappa shape index (κ2) is 2.75. The molecule has 2 rings (SSSR count). The largest absolute Gasteiger partial charge is 0.268 e. The second-order valence-corrected chi connectivity index (χ2v) is 3.58. The van der Waals surface area contributed by atoms with E-state index in [-0.39, 0.29) is 0 Å². The van der Waals surface area contributed by atoms with Crippen molar-refractivity contribution in [3.05, 3.63) is 27.8 Å². The Hall–Kier alpha value is -0.540. The number of rotatable bonds is 0. The number of benzene rings is 1. The summed E-state index contributed by atoms with van der Waals surface area (Å²) in [6.45, 7) is -2.28. The van der Waals surface area contributed by atoms with Crippen LogP contribution in [0.2, 0.25) is 5.02 Å². The number of fused-ring (bicyclic) bond motifs is 1. The molecule has 0 saturated heterocycles. The summed E-state index contributed by atoms with van der Waals surface area (Å²) in [7, 11) is 0. The van der Waals surface area contributed by atoms with Crippen LogP contribution in [0, 0.1) is 0 Å². The van der Waals surface area contributed by atoms with Crippen LogP contribution >= 0.6 is 27.5 Å². The van der Waals surface area contributed by atoms with Gasteiger partial charge in [-0.25, -0.2) is 0 Å². The maximum Gasteiger partial charge on any atom is 0.0694 e. The molecule has 2 nitrogen and oxygen atoms in total. The standard InChI is InChI=1S/C8H6BrClN2/c1-12-7-3-2-6(9)8(10)5(7)4-11-12/h2-4H,1H3/i1D3. The van der Waals surface area contributed by atoms with Gasteiger partial charge in [-0.2, -0.15) is 5.10 Å². The molecule has 2 aromatic rings. The van der Waals surface area contributed by atoms with Crippen LogP contribution in [0.5, 0.6) is 0 Å². The molecule has 62 valence electrons. The highest BCUT2D eigenvalue weighted by molar-refractivity contribution is 9.10. The molecule has 0 bridgehead atoms. The van der Waals surface area contributed by atoms with Crippen LogP contribution < -0.4 is 0 Å². The van der Waals surface area contributed by atoms with Crippen molar-refractivity contribution in [2.45, 2.75) is 0 Å². The number of halogens is 2. The first-order chi connectivity index (χ1) is 6.91. The van der Waals surface area contributed by atoms with Crippen LogP contribution in [0.4, 0.5) is 0 Å². The Kier molecular flexibility index (Phi) is 1.20. The van der Waals surface area contributed by atoms with Gasteiger partial charge in [0.1, 0.15) is 0 Å². The molecule has 12 heavy (non-hydrogen) atoms. The first kappa shape index (κ1) is 5.25. The van der Waals surface area contributed by atoms with E-state index in [0.29, 0.717) is 15.9 Å². The van der Waals surface area contributed by atoms with Gasteiger partial charge in [0.25, 0.3) is 0 Å². The van der Waals surface area contributed by atoms with E-state index < -0.39 is 6.98 Å². The van der Waals surface area contributed by atoms with Gasteiger partial charge < -0.3 is 0 Å². The van der Waals surface area contributed by atoms with Crippen LogP contribution in [0.15, 0.2) is 22.8 Å². The third-order valence-corrected chi connectivity index (χ3v) is 2.94. The molecule has 0 spiro atoms. The molecular weight excluding hydrogens is 239 g/mol. The van der Waals surface area contributed by atoms with Crippen molar-refractivity contribution >= 4 is 38.4 Å². The third kappa shape index (κ3) is 1.04. The van der Waals surface area contributed by atoms with E-state index in [4.69, 9.17) is 15.7 Å². The van der Waals surface area contributed by atoms with Crippen LogP contribution in [-0.4, -0.2) is 9.78 Å². The fourth-order valence-corrected chi connectivity index (χ4v) is 1.60. The predicted molar refractivity (Wildman–Crippen MR) is 53.4 cm³/mol. The zero-order valence-corrected chi connectivity index (χ0v) is 8.22. The first-order valence-corrected chi connectivity index (χ1v) is 4.40. The highest BCUT2D eigenvalue weighted by atomic mass is 79.9. The number of nitrogens with zero attached hydrogens (tertiary/aromatic N) is 2. The van der Waals surface area contributed by atoms with Crippen LogP contribution in [0.3, 0.4) is 0 Å². The molecule has 4 heteroatoms. The molecule has 0 aliphatic carbocycles. The van der Waals surface area contributed by atoms with Gasteiger partial charge in [-0.05, 0) is 28.1 Å². The lowest BCUT2D eigenvalue weighted by atomic mass is 10.2. The minimum absolute atomic E-state index is 0.475. The Bertz CT molecular complexity index is 520. The Balaban J connectivity index is 2.78. The predicted octanol–water partition coefficient (Wildman–Crippen LogP) is 2.99. The van der Waals surface area contributed by atoms with Gasteiger partial charge in [-0.15, -0.1) is 0 Å². The van der Waals surface area contributed by atoms with E-state index in [1.54, 1.807) is 12.1 Å². The Morgan fingerprint density at radius 2 is 2.50 bits per heavy atom. The van der Waals surface area contributed by atoms with E-state index in [1.807, 2.05) is 0 Å². The molecule has 1 aromatic carbocycles. The SMILES string of the molecule is [2H]C([2H])([2H])n1ncc2c(Cl)c(Br)ccc21. The zero-order valence-electron chi connectivity index (χ0n) is 8.88. The summed E-state index contributed by atoms with van der Waals surface area (Å²) >= 11 is 9.27. The summed E-state index contributed by atoms with van der Waals surface area (Å²) in [5.41, 5.74) is 0.503. The third-order valence-electron chi connectivity index (χ3n) is 1.64. The molecule has 0 N–H and O–H groups in total. The first-order valence-electron chi connectivity index (χ1n) is 4.73. The monoisotopic (exact) mass is 247 g/mol. The van der Waals surface area contributed by atoms with E-state index in [2.05, 4.69) is 21.0 Å². The van der Waals surface area contributed by atoms with Gasteiger partial charge in [-0.1, -0.05) is 11.6 Å². The molecule has 1 heterocycles. The number of hydrogen-bond donors (Lipinski definition) is 0. The fourth-order valence-electron chi connectivity index (χ4n) is 1.04.